The highest BCUT2D eigenvalue weighted by Gasteiger charge is 2.69. The highest BCUT2D eigenvalue weighted by Crippen LogP contribution is 2.70. The summed E-state index contributed by atoms with van der Waals surface area (Å²) in [6.07, 6.45) is 11.8. The molecule has 2 heteroatoms. The molecule has 2 nitrogen and oxygen atoms in total. The fraction of sp³-hybridized carbons (Fsp3) is 0.850. The minimum Gasteiger partial charge on any atom is -0.369 e. The van der Waals surface area contributed by atoms with Crippen LogP contribution >= 0.6 is 0 Å². The minimum atomic E-state index is 0.266. The van der Waals surface area contributed by atoms with Crippen molar-refractivity contribution in [2.24, 2.45) is 28.6 Å². The van der Waals surface area contributed by atoms with E-state index < -0.39 is 0 Å². The van der Waals surface area contributed by atoms with Crippen LogP contribution in [0.2, 0.25) is 0 Å². The molecule has 0 aromatic heterocycles. The van der Waals surface area contributed by atoms with Crippen LogP contribution in [0.4, 0.5) is 0 Å². The molecule has 0 aromatic carbocycles. The fourth-order valence-electron chi connectivity index (χ4n) is 7.21. The first kappa shape index (κ1) is 13.8. The van der Waals surface area contributed by atoms with Gasteiger partial charge in [-0.15, -0.1) is 0 Å². The Morgan fingerprint density at radius 3 is 2.59 bits per heavy atom. The highest BCUT2D eigenvalue weighted by molar-refractivity contribution is 5.91. The van der Waals surface area contributed by atoms with Crippen LogP contribution in [-0.2, 0) is 9.53 Å². The van der Waals surface area contributed by atoms with Gasteiger partial charge in [0.05, 0.1) is 12.2 Å². The SMILES string of the molecule is C[C@]12CCC(=O)C=C1CC[C@@H]1[C@@H]2CC[C@@]2(C)[C@H]1CC[C@]21CO1. The van der Waals surface area contributed by atoms with Crippen LogP contribution in [0.5, 0.6) is 0 Å². The maximum Gasteiger partial charge on any atom is 0.155 e. The Balaban J connectivity index is 1.51. The number of ketones is 1. The Morgan fingerprint density at radius 1 is 1.05 bits per heavy atom. The molecular weight excluding hydrogens is 272 g/mol. The molecule has 0 amide bonds. The van der Waals surface area contributed by atoms with Crippen molar-refractivity contribution in [2.45, 2.75) is 70.8 Å². The first-order valence-electron chi connectivity index (χ1n) is 9.36. The molecule has 120 valence electrons. The molecule has 5 aliphatic rings. The largest absolute Gasteiger partial charge is 0.369 e. The summed E-state index contributed by atoms with van der Waals surface area (Å²) in [5.74, 6) is 2.92. The lowest BCUT2D eigenvalue weighted by Gasteiger charge is -2.57. The van der Waals surface area contributed by atoms with Crippen molar-refractivity contribution in [3.63, 3.8) is 0 Å². The number of hydrogen-bond acceptors (Lipinski definition) is 2. The van der Waals surface area contributed by atoms with E-state index in [2.05, 4.69) is 13.8 Å². The molecule has 3 saturated carbocycles. The molecule has 1 spiro atoms. The number of allylic oxidation sites excluding steroid dienone is 1. The molecule has 0 aromatic rings. The number of rotatable bonds is 0. The summed E-state index contributed by atoms with van der Waals surface area (Å²) in [7, 11) is 0. The Bertz CT molecular complexity index is 572. The third-order valence-electron chi connectivity index (χ3n) is 8.74. The maximum atomic E-state index is 11.9. The van der Waals surface area contributed by atoms with Crippen LogP contribution in [0.15, 0.2) is 11.6 Å². The predicted molar refractivity (Wildman–Crippen MR) is 85.4 cm³/mol. The van der Waals surface area contributed by atoms with Crippen molar-refractivity contribution >= 4 is 5.78 Å². The van der Waals surface area contributed by atoms with E-state index in [0.717, 1.165) is 37.2 Å². The van der Waals surface area contributed by atoms with Crippen molar-refractivity contribution in [1.29, 1.82) is 0 Å². The van der Waals surface area contributed by atoms with Crippen molar-refractivity contribution in [2.75, 3.05) is 6.61 Å². The lowest BCUT2D eigenvalue weighted by atomic mass is 9.47. The zero-order chi connectivity index (χ0) is 15.2. The van der Waals surface area contributed by atoms with Gasteiger partial charge in [-0.3, -0.25) is 4.79 Å². The third-order valence-corrected chi connectivity index (χ3v) is 8.74. The standard InChI is InChI=1S/C20H28O2/c1-18-8-5-14(21)11-13(18)3-4-15-16(18)6-9-19(2)17(15)7-10-20(19)12-22-20/h11,15-17H,3-10,12H2,1-2H3/t15-,16+,17+,18+,19+,20+/m1/s1. The topological polar surface area (TPSA) is 29.6 Å². The highest BCUT2D eigenvalue weighted by atomic mass is 16.6. The summed E-state index contributed by atoms with van der Waals surface area (Å²) in [6, 6.07) is 0. The molecule has 1 aliphatic heterocycles. The lowest BCUT2D eigenvalue weighted by Crippen LogP contribution is -2.52. The first-order chi connectivity index (χ1) is 10.5. The number of fused-ring (bicyclic) bond motifs is 6. The summed E-state index contributed by atoms with van der Waals surface area (Å²) in [5.41, 5.74) is 2.51. The van der Waals surface area contributed by atoms with Gasteiger partial charge in [-0.05, 0) is 74.2 Å². The second-order valence-corrected chi connectivity index (χ2v) is 9.25. The van der Waals surface area contributed by atoms with Gasteiger partial charge in [0.25, 0.3) is 0 Å². The second-order valence-electron chi connectivity index (χ2n) is 9.25. The van der Waals surface area contributed by atoms with Gasteiger partial charge in [0, 0.05) is 11.8 Å². The molecule has 0 radical (unpaired) electrons. The van der Waals surface area contributed by atoms with Gasteiger partial charge in [0.1, 0.15) is 0 Å². The first-order valence-corrected chi connectivity index (χ1v) is 9.36. The number of ether oxygens (including phenoxy) is 1. The van der Waals surface area contributed by atoms with E-state index in [4.69, 9.17) is 4.74 Å². The van der Waals surface area contributed by atoms with Crippen LogP contribution in [-0.4, -0.2) is 18.0 Å². The van der Waals surface area contributed by atoms with Crippen LogP contribution < -0.4 is 0 Å². The van der Waals surface area contributed by atoms with Crippen molar-refractivity contribution in [3.05, 3.63) is 11.6 Å². The van der Waals surface area contributed by atoms with E-state index in [1.54, 1.807) is 0 Å². The molecule has 1 heterocycles. The number of epoxide rings is 1. The van der Waals surface area contributed by atoms with Crippen LogP contribution in [0.1, 0.15) is 65.2 Å². The summed E-state index contributed by atoms with van der Waals surface area (Å²) in [4.78, 5) is 11.9. The van der Waals surface area contributed by atoms with Crippen molar-refractivity contribution < 1.29 is 9.53 Å². The summed E-state index contributed by atoms with van der Waals surface area (Å²) >= 11 is 0. The van der Waals surface area contributed by atoms with E-state index in [-0.39, 0.29) is 5.60 Å². The molecule has 4 aliphatic carbocycles. The van der Waals surface area contributed by atoms with E-state index >= 15 is 0 Å². The Morgan fingerprint density at radius 2 is 1.82 bits per heavy atom. The average molecular weight is 300 g/mol. The second kappa shape index (κ2) is 4.06. The smallest absolute Gasteiger partial charge is 0.155 e. The molecule has 0 N–H and O–H groups in total. The van der Waals surface area contributed by atoms with Gasteiger partial charge in [-0.25, -0.2) is 0 Å². The fourth-order valence-corrected chi connectivity index (χ4v) is 7.21. The molecule has 0 bridgehead atoms. The molecule has 0 unspecified atom stereocenters. The quantitative estimate of drug-likeness (QED) is 0.625. The monoisotopic (exact) mass is 300 g/mol. The number of hydrogen-bond donors (Lipinski definition) is 0. The van der Waals surface area contributed by atoms with Crippen LogP contribution in [0.3, 0.4) is 0 Å². The van der Waals surface area contributed by atoms with Gasteiger partial charge >= 0.3 is 0 Å². The van der Waals surface area contributed by atoms with E-state index in [1.807, 2.05) is 6.08 Å². The summed E-state index contributed by atoms with van der Waals surface area (Å²) in [5, 5.41) is 0. The Labute approximate surface area is 133 Å². The Kier molecular flexibility index (Phi) is 2.54. The van der Waals surface area contributed by atoms with Crippen LogP contribution in [0, 0.1) is 28.6 Å². The van der Waals surface area contributed by atoms with E-state index in [9.17, 15) is 4.79 Å². The zero-order valence-electron chi connectivity index (χ0n) is 14.0. The van der Waals surface area contributed by atoms with Crippen molar-refractivity contribution in [3.8, 4) is 0 Å². The maximum absolute atomic E-state index is 11.9. The summed E-state index contributed by atoms with van der Waals surface area (Å²) < 4.78 is 6.00. The zero-order valence-corrected chi connectivity index (χ0v) is 14.0. The normalized spacial score (nSPS) is 56.2. The van der Waals surface area contributed by atoms with Gasteiger partial charge < -0.3 is 4.74 Å². The predicted octanol–water partition coefficient (Wildman–Crippen LogP) is 4.29. The summed E-state index contributed by atoms with van der Waals surface area (Å²) in [6.45, 7) is 6.03. The molecule has 1 saturated heterocycles. The molecule has 6 atom stereocenters. The molecule has 22 heavy (non-hydrogen) atoms. The minimum absolute atomic E-state index is 0.266. The van der Waals surface area contributed by atoms with Gasteiger partial charge in [-0.2, -0.15) is 0 Å². The van der Waals surface area contributed by atoms with Gasteiger partial charge in [-0.1, -0.05) is 19.4 Å². The molecule has 5 rings (SSSR count). The number of carbonyl (C=O) groups is 1. The number of carbonyl (C=O) groups excluding carboxylic acids is 1. The van der Waals surface area contributed by atoms with Gasteiger partial charge in [0.15, 0.2) is 5.78 Å². The van der Waals surface area contributed by atoms with Gasteiger partial charge in [0.2, 0.25) is 0 Å². The Hall–Kier alpha value is -0.630. The molecular formula is C20H28O2. The average Bonchev–Trinajstić information content (AvgIpc) is 3.22. The molecule has 4 fully saturated rings. The van der Waals surface area contributed by atoms with Crippen LogP contribution in [0.25, 0.3) is 0 Å². The van der Waals surface area contributed by atoms with E-state index in [1.165, 1.54) is 44.1 Å². The van der Waals surface area contributed by atoms with E-state index in [0.29, 0.717) is 16.6 Å². The third kappa shape index (κ3) is 1.48. The van der Waals surface area contributed by atoms with Crippen molar-refractivity contribution in [1.82, 2.24) is 0 Å². The lowest BCUT2D eigenvalue weighted by molar-refractivity contribution is -0.117.